The number of ether oxygens (including phenoxy) is 1. The molecule has 0 unspecified atom stereocenters. The first-order chi connectivity index (χ1) is 16.9. The molecule has 13 heteroatoms. The average molecular weight is 588 g/mol. The number of nitrogens with zero attached hydrogens (tertiary/aromatic N) is 3. The van der Waals surface area contributed by atoms with Crippen LogP contribution >= 0.6 is 15.9 Å². The molecule has 36 heavy (non-hydrogen) atoms. The van der Waals surface area contributed by atoms with E-state index in [0.717, 1.165) is 34.9 Å². The van der Waals surface area contributed by atoms with Crippen molar-refractivity contribution in [1.82, 2.24) is 14.7 Å². The fraction of sp³-hybridized carbons (Fsp3) is 0.391. The number of hydrogen-bond acceptors (Lipinski definition) is 7. The Morgan fingerprint density at radius 1 is 1.03 bits per heavy atom. The Balaban J connectivity index is 1.39. The molecule has 0 radical (unpaired) electrons. The van der Waals surface area contributed by atoms with Gasteiger partial charge in [-0.2, -0.15) is 4.98 Å². The lowest BCUT2D eigenvalue weighted by Gasteiger charge is -2.30. The summed E-state index contributed by atoms with van der Waals surface area (Å²) in [5, 5.41) is 4.33. The fourth-order valence-electron chi connectivity index (χ4n) is 4.18. The highest BCUT2D eigenvalue weighted by Gasteiger charge is 2.32. The molecule has 4 rings (SSSR count). The van der Waals surface area contributed by atoms with Gasteiger partial charge in [-0.15, -0.1) is 13.2 Å². The van der Waals surface area contributed by atoms with E-state index in [1.165, 1.54) is 0 Å². The fourth-order valence-corrected chi connectivity index (χ4v) is 6.54. The van der Waals surface area contributed by atoms with Crippen LogP contribution in [0.3, 0.4) is 0 Å². The molecule has 1 heterocycles. The second-order valence-corrected chi connectivity index (χ2v) is 11.3. The van der Waals surface area contributed by atoms with Gasteiger partial charge in [-0.1, -0.05) is 12.1 Å². The van der Waals surface area contributed by atoms with Crippen LogP contribution in [-0.2, 0) is 10.0 Å². The number of anilines is 2. The third kappa shape index (κ3) is 6.37. The molecular formula is C23H25BrF3N5O3S. The first kappa shape index (κ1) is 26.4. The second-order valence-electron chi connectivity index (χ2n) is 8.74. The Hall–Kier alpha value is -2.64. The summed E-state index contributed by atoms with van der Waals surface area (Å²) >= 11 is 3.04. The van der Waals surface area contributed by atoms with Crippen LogP contribution in [0.5, 0.6) is 5.75 Å². The molecule has 2 aromatic carbocycles. The molecule has 0 aliphatic heterocycles. The first-order valence-corrected chi connectivity index (χ1v) is 13.5. The van der Waals surface area contributed by atoms with Crippen LogP contribution in [0.25, 0.3) is 10.9 Å². The zero-order valence-corrected chi connectivity index (χ0v) is 21.9. The van der Waals surface area contributed by atoms with Gasteiger partial charge >= 0.3 is 6.36 Å². The minimum Gasteiger partial charge on any atom is -0.406 e. The van der Waals surface area contributed by atoms with E-state index in [0.29, 0.717) is 31.6 Å². The zero-order valence-electron chi connectivity index (χ0n) is 19.5. The molecule has 0 bridgehead atoms. The molecule has 1 saturated carbocycles. The average Bonchev–Trinajstić information content (AvgIpc) is 2.78. The highest BCUT2D eigenvalue weighted by molar-refractivity contribution is 9.10. The molecule has 1 aliphatic carbocycles. The van der Waals surface area contributed by atoms with Crippen molar-refractivity contribution in [3.63, 3.8) is 0 Å². The summed E-state index contributed by atoms with van der Waals surface area (Å²) in [7, 11) is -0.108. The minimum absolute atomic E-state index is 0.0164. The number of fused-ring (bicyclic) bond motifs is 1. The van der Waals surface area contributed by atoms with Crippen LogP contribution < -0.4 is 19.7 Å². The topological polar surface area (TPSA) is 96.5 Å². The lowest BCUT2D eigenvalue weighted by molar-refractivity contribution is -0.274. The van der Waals surface area contributed by atoms with Crippen LogP contribution in [0, 0.1) is 0 Å². The van der Waals surface area contributed by atoms with Crippen molar-refractivity contribution < 1.29 is 26.3 Å². The summed E-state index contributed by atoms with van der Waals surface area (Å²) in [5.41, 5.74) is 0.831. The third-order valence-electron chi connectivity index (χ3n) is 5.82. The molecule has 8 nitrogen and oxygen atoms in total. The number of para-hydroxylation sites is 1. The van der Waals surface area contributed by atoms with Crippen molar-refractivity contribution in [2.75, 3.05) is 24.3 Å². The van der Waals surface area contributed by atoms with E-state index >= 15 is 0 Å². The van der Waals surface area contributed by atoms with Gasteiger partial charge in [0.05, 0.1) is 10.4 Å². The number of aromatic nitrogens is 2. The molecule has 194 valence electrons. The van der Waals surface area contributed by atoms with Crippen molar-refractivity contribution >= 4 is 48.6 Å². The lowest BCUT2D eigenvalue weighted by atomic mass is 9.92. The summed E-state index contributed by atoms with van der Waals surface area (Å²) < 4.78 is 69.5. The van der Waals surface area contributed by atoms with Crippen molar-refractivity contribution in [3.8, 4) is 5.75 Å². The van der Waals surface area contributed by atoms with Crippen LogP contribution in [-0.4, -0.2) is 50.9 Å². The summed E-state index contributed by atoms with van der Waals surface area (Å²) in [6.07, 6.45) is -2.31. The highest BCUT2D eigenvalue weighted by Crippen LogP contribution is 2.31. The summed E-state index contributed by atoms with van der Waals surface area (Å²) in [6.45, 7) is 0. The smallest absolute Gasteiger partial charge is 0.406 e. The standard InChI is InChI=1S/C23H25BrF3N5O3S/c1-32(2)21-17-5-3-4-6-19(17)29-22(30-21)28-14-7-9-15(10-8-14)31-36(33,34)20-12-11-16(13-18(20)24)35-23(25,26)27/h3-6,11-15,31H,7-10H2,1-2H3,(H,28,29,30). The molecule has 0 amide bonds. The van der Waals surface area contributed by atoms with E-state index in [1.807, 2.05) is 43.3 Å². The van der Waals surface area contributed by atoms with Gasteiger partial charge in [0.15, 0.2) is 0 Å². The van der Waals surface area contributed by atoms with E-state index in [1.54, 1.807) is 0 Å². The van der Waals surface area contributed by atoms with Gasteiger partial charge in [0.1, 0.15) is 11.6 Å². The Bertz CT molecular complexity index is 1350. The van der Waals surface area contributed by atoms with Crippen LogP contribution in [0.4, 0.5) is 24.9 Å². The maximum Gasteiger partial charge on any atom is 0.573 e. The van der Waals surface area contributed by atoms with Crippen molar-refractivity contribution in [3.05, 3.63) is 46.9 Å². The maximum atomic E-state index is 12.9. The van der Waals surface area contributed by atoms with Gasteiger partial charge in [0, 0.05) is 36.0 Å². The second kappa shape index (κ2) is 10.4. The van der Waals surface area contributed by atoms with E-state index in [2.05, 4.69) is 40.7 Å². The largest absolute Gasteiger partial charge is 0.573 e. The Morgan fingerprint density at radius 3 is 2.33 bits per heavy atom. The summed E-state index contributed by atoms with van der Waals surface area (Å²) in [5.74, 6) is 0.821. The predicted molar refractivity (Wildman–Crippen MR) is 135 cm³/mol. The monoisotopic (exact) mass is 587 g/mol. The van der Waals surface area contributed by atoms with Gasteiger partial charge in [-0.25, -0.2) is 18.1 Å². The molecule has 0 saturated heterocycles. The van der Waals surface area contributed by atoms with E-state index in [9.17, 15) is 21.6 Å². The third-order valence-corrected chi connectivity index (χ3v) is 8.31. The highest BCUT2D eigenvalue weighted by atomic mass is 79.9. The van der Waals surface area contributed by atoms with E-state index in [-0.39, 0.29) is 21.5 Å². The molecule has 1 aromatic heterocycles. The van der Waals surface area contributed by atoms with Crippen LogP contribution in [0.15, 0.2) is 51.8 Å². The molecule has 0 atom stereocenters. The van der Waals surface area contributed by atoms with Crippen molar-refractivity contribution in [2.24, 2.45) is 0 Å². The van der Waals surface area contributed by atoms with Gasteiger partial charge < -0.3 is 15.0 Å². The molecule has 2 N–H and O–H groups in total. The maximum absolute atomic E-state index is 12.9. The quantitative estimate of drug-likeness (QED) is 0.399. The Morgan fingerprint density at radius 2 is 1.69 bits per heavy atom. The molecule has 0 spiro atoms. The first-order valence-electron chi connectivity index (χ1n) is 11.2. The zero-order chi connectivity index (χ0) is 26.1. The number of nitrogens with one attached hydrogen (secondary N) is 2. The van der Waals surface area contributed by atoms with Gasteiger partial charge in [0.2, 0.25) is 16.0 Å². The number of benzene rings is 2. The van der Waals surface area contributed by atoms with E-state index < -0.39 is 22.1 Å². The van der Waals surface area contributed by atoms with Gasteiger partial charge in [-0.3, -0.25) is 0 Å². The van der Waals surface area contributed by atoms with Gasteiger partial charge in [0.25, 0.3) is 0 Å². The Kier molecular flexibility index (Phi) is 7.62. The number of hydrogen-bond donors (Lipinski definition) is 2. The molecular weight excluding hydrogens is 563 g/mol. The Labute approximate surface area is 215 Å². The number of rotatable bonds is 7. The summed E-state index contributed by atoms with van der Waals surface area (Å²) in [4.78, 5) is 11.1. The van der Waals surface area contributed by atoms with Crippen LogP contribution in [0.2, 0.25) is 0 Å². The van der Waals surface area contributed by atoms with Crippen molar-refractivity contribution in [1.29, 1.82) is 0 Å². The molecule has 1 fully saturated rings. The van der Waals surface area contributed by atoms with E-state index in [4.69, 9.17) is 0 Å². The minimum atomic E-state index is -4.86. The number of halogens is 4. The van der Waals surface area contributed by atoms with Crippen LogP contribution in [0.1, 0.15) is 25.7 Å². The number of alkyl halides is 3. The van der Waals surface area contributed by atoms with Crippen molar-refractivity contribution in [2.45, 2.75) is 49.0 Å². The summed E-state index contributed by atoms with van der Waals surface area (Å²) in [6, 6.07) is 10.6. The normalized spacial score (nSPS) is 18.7. The predicted octanol–water partition coefficient (Wildman–Crippen LogP) is 5.06. The molecule has 3 aromatic rings. The van der Waals surface area contributed by atoms with Gasteiger partial charge in [-0.05, 0) is 71.9 Å². The SMILES string of the molecule is CN(C)c1nc(NC2CCC(NS(=O)(=O)c3ccc(OC(F)(F)F)cc3Br)CC2)nc2ccccc12. The lowest BCUT2D eigenvalue weighted by Crippen LogP contribution is -2.40. The molecule has 1 aliphatic rings. The number of sulfonamides is 1.